The molecule has 1 aliphatic rings. The van der Waals surface area contributed by atoms with Crippen molar-refractivity contribution in [1.29, 1.82) is 0 Å². The molecule has 0 aromatic carbocycles. The lowest BCUT2D eigenvalue weighted by atomic mass is 10.2. The van der Waals surface area contributed by atoms with E-state index in [-0.39, 0.29) is 0 Å². The van der Waals surface area contributed by atoms with E-state index < -0.39 is 0 Å². The predicted molar refractivity (Wildman–Crippen MR) is 59.6 cm³/mol. The van der Waals surface area contributed by atoms with Gasteiger partial charge in [0.25, 0.3) is 0 Å². The van der Waals surface area contributed by atoms with Crippen molar-refractivity contribution in [3.8, 4) is 0 Å². The van der Waals surface area contributed by atoms with Gasteiger partial charge < -0.3 is 15.0 Å². The second-order valence-corrected chi connectivity index (χ2v) is 4.55. The first kappa shape index (κ1) is 12.0. The Hall–Kier alpha value is -0.120. The van der Waals surface area contributed by atoms with Crippen molar-refractivity contribution in [2.75, 3.05) is 27.2 Å². The zero-order valence-electron chi connectivity index (χ0n) is 9.92. The van der Waals surface area contributed by atoms with Crippen LogP contribution in [0.25, 0.3) is 0 Å². The van der Waals surface area contributed by atoms with Gasteiger partial charge in [0.2, 0.25) is 0 Å². The highest BCUT2D eigenvalue weighted by molar-refractivity contribution is 4.77. The minimum atomic E-state index is 0.436. The molecule has 3 heteroatoms. The molecule has 0 saturated carbocycles. The molecule has 1 heterocycles. The van der Waals surface area contributed by atoms with Crippen LogP contribution < -0.4 is 5.32 Å². The molecule has 0 aliphatic carbocycles. The Morgan fingerprint density at radius 1 is 1.36 bits per heavy atom. The maximum absolute atomic E-state index is 5.92. The Kier molecular flexibility index (Phi) is 4.85. The van der Waals surface area contributed by atoms with E-state index in [4.69, 9.17) is 4.74 Å². The third kappa shape index (κ3) is 3.56. The molecule has 0 aromatic rings. The van der Waals surface area contributed by atoms with Crippen LogP contribution in [0.3, 0.4) is 0 Å². The molecule has 1 aliphatic heterocycles. The molecule has 84 valence electrons. The maximum Gasteiger partial charge on any atom is 0.0707 e. The van der Waals surface area contributed by atoms with Crippen molar-refractivity contribution in [3.63, 3.8) is 0 Å². The largest absolute Gasteiger partial charge is 0.372 e. The molecule has 1 N–H and O–H groups in total. The number of ether oxygens (including phenoxy) is 1. The number of hydrogen-bond donors (Lipinski definition) is 1. The van der Waals surface area contributed by atoms with Crippen LogP contribution in [-0.2, 0) is 4.74 Å². The summed E-state index contributed by atoms with van der Waals surface area (Å²) >= 11 is 0. The molecule has 1 fully saturated rings. The molecule has 0 spiro atoms. The Labute approximate surface area is 87.8 Å². The highest BCUT2D eigenvalue weighted by Gasteiger charge is 2.25. The molecule has 0 amide bonds. The summed E-state index contributed by atoms with van der Waals surface area (Å²) in [6.07, 6.45) is 3.30. The van der Waals surface area contributed by atoms with Crippen LogP contribution >= 0.6 is 0 Å². The van der Waals surface area contributed by atoms with Crippen molar-refractivity contribution in [1.82, 2.24) is 10.2 Å². The zero-order valence-corrected chi connectivity index (χ0v) is 9.92. The molecule has 2 atom stereocenters. The fraction of sp³-hybridized carbons (Fsp3) is 1.00. The van der Waals surface area contributed by atoms with E-state index in [0.717, 1.165) is 13.1 Å². The third-order valence-electron chi connectivity index (χ3n) is 3.00. The fourth-order valence-corrected chi connectivity index (χ4v) is 1.82. The molecule has 0 bridgehead atoms. The molecular weight excluding hydrogens is 176 g/mol. The van der Waals surface area contributed by atoms with Gasteiger partial charge in [-0.15, -0.1) is 0 Å². The monoisotopic (exact) mass is 200 g/mol. The molecule has 0 aromatic heterocycles. The highest BCUT2D eigenvalue weighted by atomic mass is 16.5. The summed E-state index contributed by atoms with van der Waals surface area (Å²) in [7, 11) is 4.15. The Balaban J connectivity index is 2.21. The minimum Gasteiger partial charge on any atom is -0.372 e. The summed E-state index contributed by atoms with van der Waals surface area (Å²) < 4.78 is 5.92. The average molecular weight is 200 g/mol. The predicted octanol–water partition coefficient (Wildman–Crippen LogP) is 1.09. The number of hydrogen-bond acceptors (Lipinski definition) is 3. The first-order valence-electron chi connectivity index (χ1n) is 5.63. The Morgan fingerprint density at radius 3 is 2.57 bits per heavy atom. The van der Waals surface area contributed by atoms with Crippen molar-refractivity contribution in [3.05, 3.63) is 0 Å². The first-order chi connectivity index (χ1) is 6.63. The Bertz CT molecular complexity index is 161. The van der Waals surface area contributed by atoms with Crippen LogP contribution in [0, 0.1) is 0 Å². The second-order valence-electron chi connectivity index (χ2n) is 4.55. The van der Waals surface area contributed by atoms with Gasteiger partial charge in [-0.3, -0.25) is 0 Å². The standard InChI is InChI=1S/C11H24N2O/c1-9(2)13(4)8-11-6-5-10(14-11)7-12-3/h9-12H,5-8H2,1-4H3. The van der Waals surface area contributed by atoms with E-state index in [1.807, 2.05) is 7.05 Å². The normalized spacial score (nSPS) is 27.9. The molecule has 1 rings (SSSR count). The van der Waals surface area contributed by atoms with Crippen molar-refractivity contribution >= 4 is 0 Å². The van der Waals surface area contributed by atoms with E-state index >= 15 is 0 Å². The van der Waals surface area contributed by atoms with E-state index in [9.17, 15) is 0 Å². The smallest absolute Gasteiger partial charge is 0.0707 e. The van der Waals surface area contributed by atoms with E-state index in [1.165, 1.54) is 12.8 Å². The van der Waals surface area contributed by atoms with Crippen molar-refractivity contribution in [2.24, 2.45) is 0 Å². The lowest BCUT2D eigenvalue weighted by molar-refractivity contribution is 0.0239. The number of nitrogens with zero attached hydrogens (tertiary/aromatic N) is 1. The van der Waals surface area contributed by atoms with E-state index in [2.05, 4.69) is 31.1 Å². The van der Waals surface area contributed by atoms with Gasteiger partial charge in [0.05, 0.1) is 12.2 Å². The third-order valence-corrected chi connectivity index (χ3v) is 3.00. The van der Waals surface area contributed by atoms with Crippen LogP contribution in [0.15, 0.2) is 0 Å². The maximum atomic E-state index is 5.92. The van der Waals surface area contributed by atoms with Crippen LogP contribution in [-0.4, -0.2) is 50.3 Å². The van der Waals surface area contributed by atoms with Crippen LogP contribution in [0.1, 0.15) is 26.7 Å². The van der Waals surface area contributed by atoms with Gasteiger partial charge in [0.15, 0.2) is 0 Å². The first-order valence-corrected chi connectivity index (χ1v) is 5.63. The minimum absolute atomic E-state index is 0.436. The lowest BCUT2D eigenvalue weighted by Crippen LogP contribution is -2.35. The second kappa shape index (κ2) is 5.69. The summed E-state index contributed by atoms with van der Waals surface area (Å²) in [4.78, 5) is 2.35. The average Bonchev–Trinajstić information content (AvgIpc) is 2.53. The summed E-state index contributed by atoms with van der Waals surface area (Å²) in [6, 6.07) is 0.613. The van der Waals surface area contributed by atoms with E-state index in [0.29, 0.717) is 18.2 Å². The SMILES string of the molecule is CNCC1CCC(CN(C)C(C)C)O1. The summed E-state index contributed by atoms with van der Waals surface area (Å²) in [5.74, 6) is 0. The van der Waals surface area contributed by atoms with Gasteiger partial charge in [-0.05, 0) is 40.8 Å². The topological polar surface area (TPSA) is 24.5 Å². The van der Waals surface area contributed by atoms with Gasteiger partial charge in [-0.25, -0.2) is 0 Å². The number of rotatable bonds is 5. The zero-order chi connectivity index (χ0) is 10.6. The summed E-state index contributed by atoms with van der Waals surface area (Å²) in [5, 5.41) is 3.17. The summed E-state index contributed by atoms with van der Waals surface area (Å²) in [6.45, 7) is 6.50. The van der Waals surface area contributed by atoms with Crippen molar-refractivity contribution < 1.29 is 4.74 Å². The number of nitrogens with one attached hydrogen (secondary N) is 1. The van der Waals surface area contributed by atoms with Gasteiger partial charge in [-0.2, -0.15) is 0 Å². The molecule has 1 saturated heterocycles. The molecule has 2 unspecified atom stereocenters. The van der Waals surface area contributed by atoms with E-state index in [1.54, 1.807) is 0 Å². The highest BCUT2D eigenvalue weighted by Crippen LogP contribution is 2.20. The van der Waals surface area contributed by atoms with Crippen LogP contribution in [0.5, 0.6) is 0 Å². The Morgan fingerprint density at radius 2 is 2.00 bits per heavy atom. The lowest BCUT2D eigenvalue weighted by Gasteiger charge is -2.24. The van der Waals surface area contributed by atoms with Crippen LogP contribution in [0.4, 0.5) is 0 Å². The quantitative estimate of drug-likeness (QED) is 0.719. The van der Waals surface area contributed by atoms with Gasteiger partial charge in [0.1, 0.15) is 0 Å². The number of likely N-dealkylation sites (N-methyl/N-ethyl adjacent to an activating group) is 2. The molecule has 3 nitrogen and oxygen atoms in total. The van der Waals surface area contributed by atoms with Crippen molar-refractivity contribution in [2.45, 2.75) is 44.9 Å². The van der Waals surface area contributed by atoms with Crippen LogP contribution in [0.2, 0.25) is 0 Å². The van der Waals surface area contributed by atoms with Gasteiger partial charge in [0, 0.05) is 19.1 Å². The molecule has 0 radical (unpaired) electrons. The molecule has 14 heavy (non-hydrogen) atoms. The molecular formula is C11H24N2O. The summed E-state index contributed by atoms with van der Waals surface area (Å²) in [5.41, 5.74) is 0. The van der Waals surface area contributed by atoms with Gasteiger partial charge in [-0.1, -0.05) is 0 Å². The fourth-order valence-electron chi connectivity index (χ4n) is 1.82. The van der Waals surface area contributed by atoms with Gasteiger partial charge >= 0.3 is 0 Å².